The van der Waals surface area contributed by atoms with Crippen molar-refractivity contribution in [3.8, 4) is 0 Å². The molecule has 2 atom stereocenters. The van der Waals surface area contributed by atoms with Crippen molar-refractivity contribution in [3.63, 3.8) is 0 Å². The zero-order chi connectivity index (χ0) is 14.4. The second-order valence-electron chi connectivity index (χ2n) is 3.98. The first-order chi connectivity index (χ1) is 8.71. The number of aliphatic hydroxyl groups is 2. The van der Waals surface area contributed by atoms with Crippen LogP contribution in [0.5, 0.6) is 0 Å². The monoisotopic (exact) mass is 308 g/mol. The van der Waals surface area contributed by atoms with E-state index in [4.69, 9.17) is 10.2 Å². The summed E-state index contributed by atoms with van der Waals surface area (Å²) in [7, 11) is 4.64. The Bertz CT molecular complexity index is 218. The SMILES string of the molecule is CCO.CCO.C[C-]1CCC2C=CC=C[C@@H]12.[Cl][Ti+]. The molecule has 0 amide bonds. The van der Waals surface area contributed by atoms with Crippen LogP contribution in [0.25, 0.3) is 0 Å². The van der Waals surface area contributed by atoms with E-state index in [9.17, 15) is 0 Å². The van der Waals surface area contributed by atoms with E-state index in [0.717, 1.165) is 11.8 Å². The Labute approximate surface area is 127 Å². The van der Waals surface area contributed by atoms with Gasteiger partial charge >= 0.3 is 28.7 Å². The van der Waals surface area contributed by atoms with Crippen molar-refractivity contribution in [2.75, 3.05) is 13.2 Å². The van der Waals surface area contributed by atoms with E-state index in [-0.39, 0.29) is 13.2 Å². The third-order valence-electron chi connectivity index (χ3n) is 2.69. The van der Waals surface area contributed by atoms with Gasteiger partial charge in [-0.25, -0.2) is 0 Å². The molecule has 0 aromatic heterocycles. The van der Waals surface area contributed by atoms with Gasteiger partial charge in [-0.3, -0.25) is 0 Å². The molecule has 0 radical (unpaired) electrons. The fraction of sp³-hybridized carbons (Fsp3) is 0.643. The summed E-state index contributed by atoms with van der Waals surface area (Å²) in [4.78, 5) is 0. The molecule has 18 heavy (non-hydrogen) atoms. The van der Waals surface area contributed by atoms with Gasteiger partial charge in [-0.1, -0.05) is 24.6 Å². The topological polar surface area (TPSA) is 40.5 Å². The van der Waals surface area contributed by atoms with Crippen LogP contribution in [0.2, 0.25) is 0 Å². The first kappa shape index (κ1) is 20.7. The summed E-state index contributed by atoms with van der Waals surface area (Å²) in [5.74, 6) is 3.29. The van der Waals surface area contributed by atoms with Crippen molar-refractivity contribution < 1.29 is 29.6 Å². The molecule has 0 aromatic rings. The van der Waals surface area contributed by atoms with Gasteiger partial charge in [0.1, 0.15) is 0 Å². The molecule has 0 bridgehead atoms. The summed E-state index contributed by atoms with van der Waals surface area (Å²) in [5, 5.41) is 15.1. The average molecular weight is 309 g/mol. The Morgan fingerprint density at radius 2 is 1.61 bits per heavy atom. The molecule has 1 saturated carbocycles. The van der Waals surface area contributed by atoms with Crippen LogP contribution in [-0.4, -0.2) is 23.4 Å². The predicted octanol–water partition coefficient (Wildman–Crippen LogP) is 3.42. The average Bonchev–Trinajstić information content (AvgIpc) is 2.76. The first-order valence-corrected chi connectivity index (χ1v) is 8.43. The molecule has 1 unspecified atom stereocenters. The van der Waals surface area contributed by atoms with Crippen molar-refractivity contribution >= 4 is 9.30 Å². The van der Waals surface area contributed by atoms with Crippen molar-refractivity contribution in [3.05, 3.63) is 30.2 Å². The van der Waals surface area contributed by atoms with E-state index in [2.05, 4.69) is 40.5 Å². The van der Waals surface area contributed by atoms with E-state index < -0.39 is 0 Å². The summed E-state index contributed by atoms with van der Waals surface area (Å²) in [6.07, 6.45) is 11.8. The van der Waals surface area contributed by atoms with Gasteiger partial charge in [0.05, 0.1) is 0 Å². The summed E-state index contributed by atoms with van der Waals surface area (Å²) in [6.45, 7) is 6.15. The van der Waals surface area contributed by atoms with Gasteiger partial charge in [0.25, 0.3) is 0 Å². The number of aliphatic hydroxyl groups excluding tert-OH is 2. The number of hydrogen-bond acceptors (Lipinski definition) is 2. The molecule has 0 aliphatic heterocycles. The zero-order valence-corrected chi connectivity index (χ0v) is 13.9. The number of fused-ring (bicyclic) bond motifs is 1. The number of halogens is 1. The molecule has 2 N–H and O–H groups in total. The second kappa shape index (κ2) is 15.5. The van der Waals surface area contributed by atoms with E-state index >= 15 is 0 Å². The van der Waals surface area contributed by atoms with Crippen molar-refractivity contribution in [2.45, 2.75) is 33.6 Å². The van der Waals surface area contributed by atoms with Crippen LogP contribution in [0, 0.1) is 17.8 Å². The molecule has 4 heteroatoms. The predicted molar refractivity (Wildman–Crippen MR) is 74.8 cm³/mol. The molecule has 2 aliphatic carbocycles. The minimum absolute atomic E-state index is 0.250. The maximum absolute atomic E-state index is 7.57. The Morgan fingerprint density at radius 3 is 2.06 bits per heavy atom. The van der Waals surface area contributed by atoms with Crippen LogP contribution in [-0.2, 0) is 19.4 Å². The minimum atomic E-state index is 0.250. The number of hydrogen-bond donors (Lipinski definition) is 2. The van der Waals surface area contributed by atoms with Gasteiger partial charge in [0, 0.05) is 13.2 Å². The number of rotatable bonds is 0. The van der Waals surface area contributed by atoms with Crippen molar-refractivity contribution in [2.24, 2.45) is 11.8 Å². The van der Waals surface area contributed by atoms with Crippen molar-refractivity contribution in [1.29, 1.82) is 0 Å². The summed E-state index contributed by atoms with van der Waals surface area (Å²) >= 11 is 1.47. The van der Waals surface area contributed by atoms with Gasteiger partial charge in [0.2, 0.25) is 0 Å². The van der Waals surface area contributed by atoms with Crippen molar-refractivity contribution in [1.82, 2.24) is 0 Å². The third kappa shape index (κ3) is 9.35. The number of allylic oxidation sites excluding steroid dienone is 4. The molecule has 2 aliphatic rings. The Kier molecular flexibility index (Phi) is 17.8. The molecule has 0 aromatic carbocycles. The van der Waals surface area contributed by atoms with Gasteiger partial charge < -0.3 is 16.1 Å². The van der Waals surface area contributed by atoms with Crippen LogP contribution in [0.3, 0.4) is 0 Å². The molecule has 0 spiro atoms. The molecule has 0 saturated heterocycles. The van der Waals surface area contributed by atoms with Crippen LogP contribution in [0.15, 0.2) is 24.3 Å². The zero-order valence-electron chi connectivity index (χ0n) is 11.6. The molecular weight excluding hydrogens is 283 g/mol. The van der Waals surface area contributed by atoms with Gasteiger partial charge in [-0.05, 0) is 19.8 Å². The summed E-state index contributed by atoms with van der Waals surface area (Å²) in [5.41, 5.74) is 0. The Hall–Kier alpha value is 0.404. The van der Waals surface area contributed by atoms with E-state index in [0.29, 0.717) is 0 Å². The molecule has 0 heterocycles. The van der Waals surface area contributed by atoms with E-state index in [1.165, 1.54) is 32.2 Å². The molecule has 2 nitrogen and oxygen atoms in total. The Balaban J connectivity index is 0. The van der Waals surface area contributed by atoms with Gasteiger partial charge in [-0.15, -0.1) is 12.0 Å². The quantitative estimate of drug-likeness (QED) is 0.532. The first-order valence-electron chi connectivity index (χ1n) is 6.29. The summed E-state index contributed by atoms with van der Waals surface area (Å²) < 4.78 is 0. The van der Waals surface area contributed by atoms with Crippen LogP contribution >= 0.6 is 9.30 Å². The normalized spacial score (nSPS) is 23.6. The molecule has 104 valence electrons. The van der Waals surface area contributed by atoms with E-state index in [1.807, 2.05) is 0 Å². The molecule has 1 fully saturated rings. The van der Waals surface area contributed by atoms with Crippen LogP contribution < -0.4 is 0 Å². The Morgan fingerprint density at radius 1 is 1.17 bits per heavy atom. The maximum atomic E-state index is 7.57. The van der Waals surface area contributed by atoms with Crippen LogP contribution in [0.1, 0.15) is 33.6 Å². The summed E-state index contributed by atoms with van der Waals surface area (Å²) in [6, 6.07) is 0. The third-order valence-corrected chi connectivity index (χ3v) is 2.69. The van der Waals surface area contributed by atoms with Gasteiger partial charge in [-0.2, -0.15) is 13.3 Å². The molecular formula is C14H25ClO2Ti. The second-order valence-corrected chi connectivity index (χ2v) is 3.98. The van der Waals surface area contributed by atoms with E-state index in [1.54, 1.807) is 19.8 Å². The fourth-order valence-corrected chi connectivity index (χ4v) is 2.02. The van der Waals surface area contributed by atoms with Crippen LogP contribution in [0.4, 0.5) is 0 Å². The van der Waals surface area contributed by atoms with Gasteiger partial charge in [0.15, 0.2) is 0 Å². The fourth-order valence-electron chi connectivity index (χ4n) is 2.02. The molecule has 2 rings (SSSR count). The standard InChI is InChI=1S/C10H13.2C2H6O.ClH.Ti/c1-8-6-7-9-4-2-3-5-10(8)9;2*1-2-3;;/h2-5,9-10H,6-7H2,1H3;2*3H,2H2,1H3;1H;/q-1;;;;+2/p-1/t9?,10-;;;;/m0..../s1.